The van der Waals surface area contributed by atoms with Gasteiger partial charge in [0.2, 0.25) is 10.0 Å². The molecule has 0 aliphatic carbocycles. The number of ether oxygens (including phenoxy) is 1. The summed E-state index contributed by atoms with van der Waals surface area (Å²) >= 11 is 0. The van der Waals surface area contributed by atoms with Crippen molar-refractivity contribution in [2.45, 2.75) is 37.5 Å². The van der Waals surface area contributed by atoms with Crippen LogP contribution in [0.4, 0.5) is 0 Å². The lowest BCUT2D eigenvalue weighted by Crippen LogP contribution is -2.49. The maximum atomic E-state index is 11.4. The van der Waals surface area contributed by atoms with Crippen LogP contribution in [0.2, 0.25) is 0 Å². The Kier molecular flexibility index (Phi) is 4.28. The molecule has 8 heteroatoms. The van der Waals surface area contributed by atoms with Crippen molar-refractivity contribution >= 4 is 10.0 Å². The molecule has 0 radical (unpaired) electrons. The van der Waals surface area contributed by atoms with Crippen molar-refractivity contribution < 1.29 is 13.2 Å². The Hall–Kier alpha value is -0.960. The van der Waals surface area contributed by atoms with Crippen LogP contribution >= 0.6 is 0 Å². The summed E-state index contributed by atoms with van der Waals surface area (Å²) in [7, 11) is -1.24. The molecule has 2 fully saturated rings. The minimum atomic E-state index is -3.16. The fraction of sp³-hybridized carbons (Fsp3) is 0.786. The van der Waals surface area contributed by atoms with Gasteiger partial charge < -0.3 is 4.74 Å². The summed E-state index contributed by atoms with van der Waals surface area (Å²) < 4.78 is 33.5. The molecule has 0 bridgehead atoms. The van der Waals surface area contributed by atoms with E-state index in [0.717, 1.165) is 38.9 Å². The topological polar surface area (TPSA) is 76.5 Å². The Morgan fingerprint density at radius 1 is 1.55 bits per heavy atom. The van der Waals surface area contributed by atoms with Crippen LogP contribution in [-0.2, 0) is 28.4 Å². The number of sulfonamides is 1. The predicted octanol–water partition coefficient (Wildman–Crippen LogP) is 0.0928. The number of aryl methyl sites for hydroxylation is 1. The second-order valence-corrected chi connectivity index (χ2v) is 8.37. The summed E-state index contributed by atoms with van der Waals surface area (Å²) in [5.41, 5.74) is 0.990. The van der Waals surface area contributed by atoms with E-state index in [1.165, 1.54) is 11.8 Å². The van der Waals surface area contributed by atoms with Gasteiger partial charge in [-0.15, -0.1) is 0 Å². The van der Waals surface area contributed by atoms with Crippen molar-refractivity contribution in [1.29, 1.82) is 0 Å². The lowest BCUT2D eigenvalue weighted by molar-refractivity contribution is -0.0779. The van der Waals surface area contributed by atoms with E-state index in [1.54, 1.807) is 0 Å². The van der Waals surface area contributed by atoms with Gasteiger partial charge in [0.25, 0.3) is 0 Å². The van der Waals surface area contributed by atoms with Crippen LogP contribution in [-0.4, -0.2) is 60.7 Å². The molecule has 3 rings (SSSR count). The molecule has 1 aromatic heterocycles. The van der Waals surface area contributed by atoms with E-state index in [4.69, 9.17) is 4.74 Å². The Morgan fingerprint density at radius 3 is 3.05 bits per heavy atom. The molecular formula is C14H24N4O3S. The third kappa shape index (κ3) is 3.87. The monoisotopic (exact) mass is 328 g/mol. The van der Waals surface area contributed by atoms with Crippen LogP contribution < -0.4 is 4.72 Å². The molecule has 0 saturated carbocycles. The zero-order valence-corrected chi connectivity index (χ0v) is 14.0. The van der Waals surface area contributed by atoms with Gasteiger partial charge >= 0.3 is 0 Å². The van der Waals surface area contributed by atoms with E-state index in [0.29, 0.717) is 6.61 Å². The van der Waals surface area contributed by atoms with Gasteiger partial charge in [-0.05, 0) is 19.3 Å². The zero-order valence-electron chi connectivity index (χ0n) is 13.2. The highest BCUT2D eigenvalue weighted by Gasteiger charge is 2.43. The van der Waals surface area contributed by atoms with Crippen molar-refractivity contribution in [1.82, 2.24) is 19.4 Å². The minimum Gasteiger partial charge on any atom is -0.373 e. The first-order chi connectivity index (χ1) is 10.3. The van der Waals surface area contributed by atoms with Gasteiger partial charge in [0.1, 0.15) is 0 Å². The third-order valence-corrected chi connectivity index (χ3v) is 5.20. The summed E-state index contributed by atoms with van der Waals surface area (Å²) in [6.07, 6.45) is 7.59. The minimum absolute atomic E-state index is 0.0120. The molecule has 0 unspecified atom stereocenters. The molecule has 7 nitrogen and oxygen atoms in total. The third-order valence-electron chi connectivity index (χ3n) is 4.43. The standard InChI is InChI=1S/C14H24N4O3S/c1-17-9-12(8-15-17)10-18-5-4-14(11-18)7-13(3-6-21-14)16-22(2,19)20/h8-9,13,16H,3-7,10-11H2,1-2H3/t13-,14+/m0/s1. The fourth-order valence-electron chi connectivity index (χ4n) is 3.59. The quantitative estimate of drug-likeness (QED) is 0.848. The molecule has 0 amide bonds. The zero-order chi connectivity index (χ0) is 15.8. The normalized spacial score (nSPS) is 30.2. The predicted molar refractivity (Wildman–Crippen MR) is 82.8 cm³/mol. The molecule has 0 aromatic carbocycles. The van der Waals surface area contributed by atoms with Crippen LogP contribution in [0.3, 0.4) is 0 Å². The molecule has 22 heavy (non-hydrogen) atoms. The lowest BCUT2D eigenvalue weighted by Gasteiger charge is -2.38. The maximum absolute atomic E-state index is 11.4. The van der Waals surface area contributed by atoms with Gasteiger partial charge in [0.15, 0.2) is 0 Å². The van der Waals surface area contributed by atoms with Crippen LogP contribution in [0.15, 0.2) is 12.4 Å². The first kappa shape index (κ1) is 15.9. The number of likely N-dealkylation sites (tertiary alicyclic amines) is 1. The van der Waals surface area contributed by atoms with Crippen LogP contribution in [0, 0.1) is 0 Å². The Morgan fingerprint density at radius 2 is 2.36 bits per heavy atom. The number of hydrogen-bond donors (Lipinski definition) is 1. The summed E-state index contributed by atoms with van der Waals surface area (Å²) in [4.78, 5) is 2.36. The Bertz CT molecular complexity index is 630. The first-order valence-corrected chi connectivity index (χ1v) is 9.54. The van der Waals surface area contributed by atoms with Gasteiger partial charge in [0.05, 0.1) is 18.1 Å². The van der Waals surface area contributed by atoms with E-state index >= 15 is 0 Å². The fourth-order valence-corrected chi connectivity index (χ4v) is 4.40. The first-order valence-electron chi connectivity index (χ1n) is 7.65. The van der Waals surface area contributed by atoms with Gasteiger partial charge in [-0.1, -0.05) is 0 Å². The van der Waals surface area contributed by atoms with Gasteiger partial charge in [0, 0.05) is 51.1 Å². The number of hydrogen-bond acceptors (Lipinski definition) is 5. The molecule has 2 aliphatic rings. The molecule has 1 spiro atoms. The average molecular weight is 328 g/mol. The number of rotatable bonds is 4. The summed E-state index contributed by atoms with van der Waals surface area (Å²) in [5, 5.41) is 4.20. The molecule has 2 atom stereocenters. The molecule has 2 saturated heterocycles. The van der Waals surface area contributed by atoms with Crippen LogP contribution in [0.1, 0.15) is 24.8 Å². The molecular weight excluding hydrogens is 304 g/mol. The highest BCUT2D eigenvalue weighted by atomic mass is 32.2. The smallest absolute Gasteiger partial charge is 0.208 e. The van der Waals surface area contributed by atoms with Crippen molar-refractivity contribution in [3.8, 4) is 0 Å². The largest absolute Gasteiger partial charge is 0.373 e. The SMILES string of the molecule is Cn1cc(CN2CC[C@@]3(C[C@@H](NS(C)(=O)=O)CCO3)C2)cn1. The number of nitrogens with zero attached hydrogens (tertiary/aromatic N) is 3. The summed E-state index contributed by atoms with van der Waals surface area (Å²) in [6, 6.07) is -0.0120. The van der Waals surface area contributed by atoms with Crippen LogP contribution in [0.25, 0.3) is 0 Å². The Balaban J connectivity index is 1.60. The van der Waals surface area contributed by atoms with Crippen molar-refractivity contribution in [3.63, 3.8) is 0 Å². The highest BCUT2D eigenvalue weighted by Crippen LogP contribution is 2.35. The summed E-state index contributed by atoms with van der Waals surface area (Å²) in [5.74, 6) is 0. The van der Waals surface area contributed by atoms with E-state index in [2.05, 4.69) is 14.7 Å². The van der Waals surface area contributed by atoms with Crippen molar-refractivity contribution in [2.75, 3.05) is 26.0 Å². The Labute approximate surface area is 131 Å². The van der Waals surface area contributed by atoms with Gasteiger partial charge in [-0.2, -0.15) is 5.10 Å². The van der Waals surface area contributed by atoms with Gasteiger partial charge in [-0.3, -0.25) is 9.58 Å². The number of nitrogens with one attached hydrogen (secondary N) is 1. The average Bonchev–Trinajstić information content (AvgIpc) is 2.96. The van der Waals surface area contributed by atoms with E-state index < -0.39 is 10.0 Å². The number of aromatic nitrogens is 2. The second-order valence-electron chi connectivity index (χ2n) is 6.59. The van der Waals surface area contributed by atoms with E-state index in [9.17, 15) is 8.42 Å². The van der Waals surface area contributed by atoms with Crippen LogP contribution in [0.5, 0.6) is 0 Å². The van der Waals surface area contributed by atoms with Gasteiger partial charge in [-0.25, -0.2) is 13.1 Å². The molecule has 1 N–H and O–H groups in total. The molecule has 2 aliphatic heterocycles. The van der Waals surface area contributed by atoms with Crippen molar-refractivity contribution in [3.05, 3.63) is 18.0 Å². The molecule has 3 heterocycles. The maximum Gasteiger partial charge on any atom is 0.208 e. The molecule has 1 aromatic rings. The van der Waals surface area contributed by atoms with Crippen molar-refractivity contribution in [2.24, 2.45) is 7.05 Å². The molecule has 124 valence electrons. The van der Waals surface area contributed by atoms with E-state index in [-0.39, 0.29) is 11.6 Å². The lowest BCUT2D eigenvalue weighted by atomic mass is 9.90. The summed E-state index contributed by atoms with van der Waals surface area (Å²) in [6.45, 7) is 3.31. The van der Waals surface area contributed by atoms with E-state index in [1.807, 2.05) is 24.1 Å². The second kappa shape index (κ2) is 5.92. The highest BCUT2D eigenvalue weighted by molar-refractivity contribution is 7.88.